The zero-order valence-corrected chi connectivity index (χ0v) is 15.8. The third-order valence-corrected chi connectivity index (χ3v) is 6.43. The number of sulfone groups is 1. The van der Waals surface area contributed by atoms with Crippen molar-refractivity contribution in [1.29, 1.82) is 0 Å². The number of aromatic carboxylic acids is 1. The van der Waals surface area contributed by atoms with Crippen LogP contribution >= 0.6 is 11.6 Å². The maximum Gasteiger partial charge on any atom is 0.336 e. The summed E-state index contributed by atoms with van der Waals surface area (Å²) in [4.78, 5) is 18.9. The third kappa shape index (κ3) is 3.15. The molecule has 0 aliphatic heterocycles. The standard InChI is InChI=1S/C20H13ClN2O4S/c21-13-3-7-15(8-4-13)28(26,27)14-5-1-12(2-6-14)16-9-18-19(23-11-22-18)10-17(16)20(24)25/h1-11H,(H,22,23)(H,24,25). The van der Waals surface area contributed by atoms with Crippen molar-refractivity contribution < 1.29 is 18.3 Å². The summed E-state index contributed by atoms with van der Waals surface area (Å²) in [5.74, 6) is -1.08. The number of nitrogens with one attached hydrogen (secondary N) is 1. The number of fused-ring (bicyclic) bond motifs is 1. The molecule has 1 aromatic heterocycles. The highest BCUT2D eigenvalue weighted by atomic mass is 35.5. The number of H-pyrrole nitrogens is 1. The number of aromatic amines is 1. The van der Waals surface area contributed by atoms with E-state index in [2.05, 4.69) is 9.97 Å². The molecule has 8 heteroatoms. The Morgan fingerprint density at radius 2 is 1.57 bits per heavy atom. The van der Waals surface area contributed by atoms with Crippen molar-refractivity contribution >= 4 is 38.4 Å². The molecule has 0 aliphatic rings. The molecule has 0 fully saturated rings. The van der Waals surface area contributed by atoms with Gasteiger partial charge in [0.15, 0.2) is 0 Å². The number of hydrogen-bond acceptors (Lipinski definition) is 4. The number of carbonyl (C=O) groups is 1. The molecule has 0 bridgehead atoms. The Morgan fingerprint density at radius 1 is 0.964 bits per heavy atom. The molecule has 0 unspecified atom stereocenters. The van der Waals surface area contributed by atoms with Crippen LogP contribution in [0.25, 0.3) is 22.2 Å². The molecular weight excluding hydrogens is 400 g/mol. The summed E-state index contributed by atoms with van der Waals surface area (Å²) < 4.78 is 25.5. The third-order valence-electron chi connectivity index (χ3n) is 4.39. The van der Waals surface area contributed by atoms with E-state index in [1.807, 2.05) is 0 Å². The Labute approximate surface area is 165 Å². The maximum atomic E-state index is 12.8. The summed E-state index contributed by atoms with van der Waals surface area (Å²) in [6.07, 6.45) is 1.49. The molecule has 0 radical (unpaired) electrons. The predicted molar refractivity (Wildman–Crippen MR) is 105 cm³/mol. The van der Waals surface area contributed by atoms with Gasteiger partial charge in [-0.05, 0) is 59.7 Å². The van der Waals surface area contributed by atoms with E-state index in [0.29, 0.717) is 27.2 Å². The van der Waals surface area contributed by atoms with Crippen molar-refractivity contribution in [2.24, 2.45) is 0 Å². The Kier molecular flexibility index (Phi) is 4.41. The normalized spacial score (nSPS) is 11.6. The van der Waals surface area contributed by atoms with Crippen LogP contribution in [0.15, 0.2) is 76.8 Å². The van der Waals surface area contributed by atoms with Crippen LogP contribution in [0.2, 0.25) is 5.02 Å². The second-order valence-corrected chi connectivity index (χ2v) is 8.49. The largest absolute Gasteiger partial charge is 0.478 e. The van der Waals surface area contributed by atoms with E-state index in [0.717, 1.165) is 0 Å². The van der Waals surface area contributed by atoms with E-state index in [1.54, 1.807) is 18.2 Å². The van der Waals surface area contributed by atoms with Crippen LogP contribution in [0.3, 0.4) is 0 Å². The van der Waals surface area contributed by atoms with Gasteiger partial charge in [-0.2, -0.15) is 0 Å². The molecule has 0 atom stereocenters. The van der Waals surface area contributed by atoms with Crippen molar-refractivity contribution in [2.75, 3.05) is 0 Å². The van der Waals surface area contributed by atoms with Gasteiger partial charge in [0.05, 0.1) is 32.7 Å². The second kappa shape index (κ2) is 6.78. The van der Waals surface area contributed by atoms with Crippen LogP contribution in [0, 0.1) is 0 Å². The van der Waals surface area contributed by atoms with E-state index >= 15 is 0 Å². The summed E-state index contributed by atoms with van der Waals surface area (Å²) in [6, 6.07) is 15.2. The van der Waals surface area contributed by atoms with Gasteiger partial charge in [0.2, 0.25) is 9.84 Å². The molecule has 0 aliphatic carbocycles. The van der Waals surface area contributed by atoms with E-state index in [9.17, 15) is 18.3 Å². The van der Waals surface area contributed by atoms with Crippen LogP contribution in [-0.2, 0) is 9.84 Å². The van der Waals surface area contributed by atoms with E-state index in [-0.39, 0.29) is 15.4 Å². The number of hydrogen-bond donors (Lipinski definition) is 2. The number of rotatable bonds is 4. The van der Waals surface area contributed by atoms with Gasteiger partial charge < -0.3 is 10.1 Å². The molecule has 0 amide bonds. The fourth-order valence-corrected chi connectivity index (χ4v) is 4.35. The van der Waals surface area contributed by atoms with E-state index < -0.39 is 15.8 Å². The number of carboxylic acids is 1. The molecule has 2 N–H and O–H groups in total. The summed E-state index contributed by atoms with van der Waals surface area (Å²) in [5, 5.41) is 9.99. The van der Waals surface area contributed by atoms with Crippen molar-refractivity contribution in [2.45, 2.75) is 9.79 Å². The molecule has 1 heterocycles. The lowest BCUT2D eigenvalue weighted by molar-refractivity contribution is 0.0698. The lowest BCUT2D eigenvalue weighted by Crippen LogP contribution is -2.02. The van der Waals surface area contributed by atoms with E-state index in [1.165, 1.54) is 48.8 Å². The Balaban J connectivity index is 1.78. The summed E-state index contributed by atoms with van der Waals surface area (Å²) in [5.41, 5.74) is 2.38. The van der Waals surface area contributed by atoms with Crippen molar-refractivity contribution in [1.82, 2.24) is 9.97 Å². The van der Waals surface area contributed by atoms with Gasteiger partial charge in [0.1, 0.15) is 0 Å². The lowest BCUT2D eigenvalue weighted by Gasteiger charge is -2.09. The molecule has 28 heavy (non-hydrogen) atoms. The Bertz CT molecular complexity index is 1290. The molecule has 0 saturated heterocycles. The van der Waals surface area contributed by atoms with Crippen LogP contribution in [0.1, 0.15) is 10.4 Å². The van der Waals surface area contributed by atoms with Gasteiger partial charge in [0.25, 0.3) is 0 Å². The van der Waals surface area contributed by atoms with Crippen LogP contribution in [0.4, 0.5) is 0 Å². The van der Waals surface area contributed by atoms with Crippen molar-refractivity contribution in [3.63, 3.8) is 0 Å². The summed E-state index contributed by atoms with van der Waals surface area (Å²) >= 11 is 5.82. The zero-order valence-electron chi connectivity index (χ0n) is 14.3. The number of benzene rings is 3. The predicted octanol–water partition coefficient (Wildman–Crippen LogP) is 4.41. The maximum absolute atomic E-state index is 12.8. The summed E-state index contributed by atoms with van der Waals surface area (Å²) in [7, 11) is -3.70. The quantitative estimate of drug-likeness (QED) is 0.517. The smallest absolute Gasteiger partial charge is 0.336 e. The van der Waals surface area contributed by atoms with Gasteiger partial charge in [-0.3, -0.25) is 0 Å². The minimum atomic E-state index is -3.70. The monoisotopic (exact) mass is 412 g/mol. The lowest BCUT2D eigenvalue weighted by atomic mass is 9.99. The van der Waals surface area contributed by atoms with Crippen LogP contribution in [0.5, 0.6) is 0 Å². The fourth-order valence-electron chi connectivity index (χ4n) is 2.96. The first kappa shape index (κ1) is 18.2. The van der Waals surface area contributed by atoms with Crippen LogP contribution < -0.4 is 0 Å². The first-order valence-corrected chi connectivity index (χ1v) is 10.0. The highest BCUT2D eigenvalue weighted by Gasteiger charge is 2.19. The minimum Gasteiger partial charge on any atom is -0.478 e. The first-order chi connectivity index (χ1) is 13.4. The highest BCUT2D eigenvalue weighted by Crippen LogP contribution is 2.30. The zero-order chi connectivity index (χ0) is 19.9. The molecule has 4 rings (SSSR count). The SMILES string of the molecule is O=C(O)c1cc2[nH]cnc2cc1-c1ccc(S(=O)(=O)c2ccc(Cl)cc2)cc1. The van der Waals surface area contributed by atoms with Gasteiger partial charge in [0, 0.05) is 5.02 Å². The molecule has 0 spiro atoms. The number of aromatic nitrogens is 2. The number of halogens is 1. The van der Waals surface area contributed by atoms with Gasteiger partial charge in [-0.25, -0.2) is 18.2 Å². The fraction of sp³-hybridized carbons (Fsp3) is 0. The number of imidazole rings is 1. The summed E-state index contributed by atoms with van der Waals surface area (Å²) in [6.45, 7) is 0. The highest BCUT2D eigenvalue weighted by molar-refractivity contribution is 7.91. The van der Waals surface area contributed by atoms with Crippen LogP contribution in [-0.4, -0.2) is 29.5 Å². The van der Waals surface area contributed by atoms with Crippen molar-refractivity contribution in [3.8, 4) is 11.1 Å². The Morgan fingerprint density at radius 3 is 2.18 bits per heavy atom. The first-order valence-electron chi connectivity index (χ1n) is 8.18. The molecule has 0 saturated carbocycles. The van der Waals surface area contributed by atoms with Gasteiger partial charge >= 0.3 is 5.97 Å². The minimum absolute atomic E-state index is 0.102. The van der Waals surface area contributed by atoms with Crippen molar-refractivity contribution in [3.05, 3.63) is 77.6 Å². The van der Waals surface area contributed by atoms with Gasteiger partial charge in [-0.1, -0.05) is 23.7 Å². The topological polar surface area (TPSA) is 100 Å². The average molecular weight is 413 g/mol. The number of nitrogens with zero attached hydrogens (tertiary/aromatic N) is 1. The van der Waals surface area contributed by atoms with E-state index in [4.69, 9.17) is 11.6 Å². The van der Waals surface area contributed by atoms with Gasteiger partial charge in [-0.15, -0.1) is 0 Å². The molecule has 4 aromatic rings. The second-order valence-electron chi connectivity index (χ2n) is 6.10. The number of carboxylic acid groups (broad SMARTS) is 1. The molecular formula is C20H13ClN2O4S. The molecule has 6 nitrogen and oxygen atoms in total. The molecule has 3 aromatic carbocycles. The average Bonchev–Trinajstić information content (AvgIpc) is 3.15. The Hall–Kier alpha value is -3.16. The molecule has 140 valence electrons.